The van der Waals surface area contributed by atoms with Crippen LogP contribution in [0.3, 0.4) is 0 Å². The first kappa shape index (κ1) is 9.01. The van der Waals surface area contributed by atoms with Gasteiger partial charge in [-0.3, -0.25) is 4.90 Å². The van der Waals surface area contributed by atoms with Crippen LogP contribution in [0.4, 0.5) is 0 Å². The second-order valence-corrected chi connectivity index (χ2v) is 3.73. The molecule has 0 saturated carbocycles. The molecule has 1 heterocycles. The molecule has 11 heavy (non-hydrogen) atoms. The highest BCUT2D eigenvalue weighted by molar-refractivity contribution is 4.91. The zero-order valence-electron chi connectivity index (χ0n) is 8.00. The Balaban J connectivity index is 2.35. The van der Waals surface area contributed by atoms with Crippen LogP contribution >= 0.6 is 0 Å². The van der Waals surface area contributed by atoms with Gasteiger partial charge in [0.2, 0.25) is 0 Å². The van der Waals surface area contributed by atoms with E-state index < -0.39 is 0 Å². The minimum Gasteiger partial charge on any atom is -0.383 e. The summed E-state index contributed by atoms with van der Waals surface area (Å²) < 4.78 is 5.13. The molecule has 0 N–H and O–H groups in total. The van der Waals surface area contributed by atoms with Gasteiger partial charge >= 0.3 is 0 Å². The van der Waals surface area contributed by atoms with Crippen LogP contribution in [-0.2, 0) is 4.74 Å². The van der Waals surface area contributed by atoms with Crippen LogP contribution in [0.25, 0.3) is 0 Å². The van der Waals surface area contributed by atoms with E-state index in [2.05, 4.69) is 25.7 Å². The summed E-state index contributed by atoms with van der Waals surface area (Å²) in [4.78, 5) is 2.52. The SMILES string of the molecule is COCC1CC(C)N1C(C)C. The first-order chi connectivity index (χ1) is 5.16. The number of likely N-dealkylation sites (tertiary alicyclic amines) is 1. The molecular formula is C9H19NO. The Labute approximate surface area is 69.5 Å². The Morgan fingerprint density at radius 3 is 2.55 bits per heavy atom. The highest BCUT2D eigenvalue weighted by Crippen LogP contribution is 2.27. The van der Waals surface area contributed by atoms with Gasteiger partial charge < -0.3 is 4.74 Å². The predicted octanol–water partition coefficient (Wildman–Crippen LogP) is 1.50. The van der Waals surface area contributed by atoms with Gasteiger partial charge in [-0.25, -0.2) is 0 Å². The third kappa shape index (κ3) is 1.74. The first-order valence-electron chi connectivity index (χ1n) is 4.43. The lowest BCUT2D eigenvalue weighted by Gasteiger charge is -2.49. The van der Waals surface area contributed by atoms with Crippen molar-refractivity contribution in [2.24, 2.45) is 0 Å². The monoisotopic (exact) mass is 157 g/mol. The smallest absolute Gasteiger partial charge is 0.0618 e. The molecule has 2 unspecified atom stereocenters. The van der Waals surface area contributed by atoms with Gasteiger partial charge in [-0.1, -0.05) is 0 Å². The molecule has 0 bridgehead atoms. The zero-order chi connectivity index (χ0) is 8.43. The Morgan fingerprint density at radius 2 is 2.18 bits per heavy atom. The summed E-state index contributed by atoms with van der Waals surface area (Å²) in [6, 6.07) is 2.10. The molecular weight excluding hydrogens is 138 g/mol. The highest BCUT2D eigenvalue weighted by Gasteiger charge is 2.36. The second-order valence-electron chi connectivity index (χ2n) is 3.73. The van der Waals surface area contributed by atoms with Crippen molar-refractivity contribution in [1.29, 1.82) is 0 Å². The summed E-state index contributed by atoms with van der Waals surface area (Å²) >= 11 is 0. The highest BCUT2D eigenvalue weighted by atomic mass is 16.5. The average Bonchev–Trinajstić information content (AvgIpc) is 1.85. The molecule has 0 aromatic carbocycles. The molecule has 66 valence electrons. The quantitative estimate of drug-likeness (QED) is 0.615. The van der Waals surface area contributed by atoms with Gasteiger partial charge in [0.15, 0.2) is 0 Å². The van der Waals surface area contributed by atoms with E-state index in [4.69, 9.17) is 4.74 Å². The van der Waals surface area contributed by atoms with E-state index in [9.17, 15) is 0 Å². The Kier molecular flexibility index (Phi) is 2.90. The molecule has 0 spiro atoms. The molecule has 2 atom stereocenters. The summed E-state index contributed by atoms with van der Waals surface area (Å²) in [7, 11) is 1.78. The Hall–Kier alpha value is -0.0800. The van der Waals surface area contributed by atoms with Gasteiger partial charge in [-0.05, 0) is 27.2 Å². The van der Waals surface area contributed by atoms with Crippen molar-refractivity contribution in [3.8, 4) is 0 Å². The van der Waals surface area contributed by atoms with Crippen LogP contribution < -0.4 is 0 Å². The van der Waals surface area contributed by atoms with Crippen molar-refractivity contribution in [3.63, 3.8) is 0 Å². The minimum atomic E-state index is 0.666. The van der Waals surface area contributed by atoms with Crippen molar-refractivity contribution in [1.82, 2.24) is 4.90 Å². The largest absolute Gasteiger partial charge is 0.383 e. The van der Waals surface area contributed by atoms with Gasteiger partial charge in [0.25, 0.3) is 0 Å². The van der Waals surface area contributed by atoms with Gasteiger partial charge in [0.1, 0.15) is 0 Å². The van der Waals surface area contributed by atoms with Gasteiger partial charge in [0.05, 0.1) is 6.61 Å². The summed E-state index contributed by atoms with van der Waals surface area (Å²) in [5.41, 5.74) is 0. The van der Waals surface area contributed by atoms with E-state index in [1.165, 1.54) is 6.42 Å². The number of hydrogen-bond donors (Lipinski definition) is 0. The van der Waals surface area contributed by atoms with Crippen LogP contribution in [0.5, 0.6) is 0 Å². The van der Waals surface area contributed by atoms with Crippen LogP contribution in [-0.4, -0.2) is 36.7 Å². The van der Waals surface area contributed by atoms with E-state index in [0.29, 0.717) is 12.1 Å². The molecule has 0 radical (unpaired) electrons. The molecule has 0 aromatic heterocycles. The number of rotatable bonds is 3. The van der Waals surface area contributed by atoms with Gasteiger partial charge in [-0.2, -0.15) is 0 Å². The summed E-state index contributed by atoms with van der Waals surface area (Å²) in [6.07, 6.45) is 1.30. The standard InChI is InChI=1S/C9H19NO/c1-7(2)10-8(3)5-9(10)6-11-4/h7-9H,5-6H2,1-4H3. The molecule has 2 nitrogen and oxygen atoms in total. The van der Waals surface area contributed by atoms with Crippen molar-refractivity contribution < 1.29 is 4.74 Å². The zero-order valence-corrected chi connectivity index (χ0v) is 8.00. The summed E-state index contributed by atoms with van der Waals surface area (Å²) in [5.74, 6) is 0. The van der Waals surface area contributed by atoms with Crippen molar-refractivity contribution in [2.75, 3.05) is 13.7 Å². The molecule has 2 heteroatoms. The van der Waals surface area contributed by atoms with Crippen molar-refractivity contribution in [2.45, 2.75) is 45.3 Å². The predicted molar refractivity (Wildman–Crippen MR) is 46.7 cm³/mol. The number of methoxy groups -OCH3 is 1. The van der Waals surface area contributed by atoms with E-state index in [0.717, 1.165) is 12.6 Å². The van der Waals surface area contributed by atoms with Crippen LogP contribution in [0, 0.1) is 0 Å². The second kappa shape index (κ2) is 3.55. The van der Waals surface area contributed by atoms with E-state index in [-0.39, 0.29) is 0 Å². The van der Waals surface area contributed by atoms with Crippen molar-refractivity contribution in [3.05, 3.63) is 0 Å². The van der Waals surface area contributed by atoms with E-state index >= 15 is 0 Å². The topological polar surface area (TPSA) is 12.5 Å². The summed E-state index contributed by atoms with van der Waals surface area (Å²) in [5, 5.41) is 0. The molecule has 1 aliphatic heterocycles. The van der Waals surface area contributed by atoms with Crippen LogP contribution in [0.1, 0.15) is 27.2 Å². The minimum absolute atomic E-state index is 0.666. The molecule has 1 aliphatic rings. The number of nitrogens with zero attached hydrogens (tertiary/aromatic N) is 1. The Bertz CT molecular complexity index is 118. The molecule has 1 rings (SSSR count). The first-order valence-corrected chi connectivity index (χ1v) is 4.43. The fourth-order valence-corrected chi connectivity index (χ4v) is 2.14. The fraction of sp³-hybridized carbons (Fsp3) is 1.00. The third-order valence-electron chi connectivity index (χ3n) is 2.50. The molecule has 0 aromatic rings. The third-order valence-corrected chi connectivity index (χ3v) is 2.50. The maximum absolute atomic E-state index is 5.13. The molecule has 0 aliphatic carbocycles. The van der Waals surface area contributed by atoms with Crippen molar-refractivity contribution >= 4 is 0 Å². The average molecular weight is 157 g/mol. The van der Waals surface area contributed by atoms with Crippen LogP contribution in [0.15, 0.2) is 0 Å². The van der Waals surface area contributed by atoms with E-state index in [1.54, 1.807) is 7.11 Å². The summed E-state index contributed by atoms with van der Waals surface area (Å²) in [6.45, 7) is 7.67. The maximum atomic E-state index is 5.13. The normalized spacial score (nSPS) is 32.5. The molecule has 1 saturated heterocycles. The lowest BCUT2D eigenvalue weighted by molar-refractivity contribution is -0.0418. The Morgan fingerprint density at radius 1 is 1.55 bits per heavy atom. The lowest BCUT2D eigenvalue weighted by Crippen LogP contribution is -2.59. The van der Waals surface area contributed by atoms with Crippen LogP contribution in [0.2, 0.25) is 0 Å². The number of ether oxygens (including phenoxy) is 1. The maximum Gasteiger partial charge on any atom is 0.0618 e. The van der Waals surface area contributed by atoms with E-state index in [1.807, 2.05) is 0 Å². The fourth-order valence-electron chi connectivity index (χ4n) is 2.14. The molecule has 0 amide bonds. The van der Waals surface area contributed by atoms with Gasteiger partial charge in [-0.15, -0.1) is 0 Å². The number of hydrogen-bond acceptors (Lipinski definition) is 2. The molecule has 1 fully saturated rings. The van der Waals surface area contributed by atoms with Gasteiger partial charge in [0, 0.05) is 25.2 Å². The lowest BCUT2D eigenvalue weighted by atomic mass is 9.93.